The molecular formula is C25H25FN6O2. The van der Waals surface area contributed by atoms with Gasteiger partial charge in [0.1, 0.15) is 28.7 Å². The van der Waals surface area contributed by atoms with Crippen LogP contribution in [0.5, 0.6) is 0 Å². The normalized spacial score (nSPS) is 17.0. The Morgan fingerprint density at radius 2 is 1.97 bits per heavy atom. The third kappa shape index (κ3) is 4.41. The van der Waals surface area contributed by atoms with Crippen LogP contribution < -0.4 is 10.9 Å². The molecule has 2 fully saturated rings. The predicted octanol–water partition coefficient (Wildman–Crippen LogP) is 2.91. The average Bonchev–Trinajstić information content (AvgIpc) is 3.66. The van der Waals surface area contributed by atoms with E-state index in [1.165, 1.54) is 0 Å². The Hall–Kier alpha value is -3.64. The number of amides is 1. The number of nitriles is 1. The molecule has 2 N–H and O–H groups in total. The smallest absolute Gasteiger partial charge is 0.270 e. The van der Waals surface area contributed by atoms with Crippen molar-refractivity contribution in [1.29, 1.82) is 5.26 Å². The number of aromatic nitrogens is 3. The van der Waals surface area contributed by atoms with Gasteiger partial charge in [0.15, 0.2) is 5.82 Å². The van der Waals surface area contributed by atoms with E-state index >= 15 is 4.39 Å². The molecule has 8 nitrogen and oxygen atoms in total. The number of rotatable bonds is 5. The summed E-state index contributed by atoms with van der Waals surface area (Å²) in [5.74, 6) is -0.520. The highest BCUT2D eigenvalue weighted by atomic mass is 19.1. The van der Waals surface area contributed by atoms with Crippen LogP contribution >= 0.6 is 0 Å². The van der Waals surface area contributed by atoms with Gasteiger partial charge in [0, 0.05) is 18.2 Å². The number of fused-ring (bicyclic) bond motifs is 1. The van der Waals surface area contributed by atoms with Gasteiger partial charge >= 0.3 is 0 Å². The maximum absolute atomic E-state index is 15.0. The van der Waals surface area contributed by atoms with Crippen LogP contribution in [0.2, 0.25) is 0 Å². The fourth-order valence-electron chi connectivity index (χ4n) is 4.52. The van der Waals surface area contributed by atoms with Gasteiger partial charge in [-0.25, -0.2) is 14.4 Å². The van der Waals surface area contributed by atoms with Crippen molar-refractivity contribution in [2.75, 3.05) is 13.1 Å². The number of benzene rings is 1. The van der Waals surface area contributed by atoms with Gasteiger partial charge < -0.3 is 10.3 Å². The highest BCUT2D eigenvalue weighted by molar-refractivity contribution is 5.92. The molecule has 34 heavy (non-hydrogen) atoms. The summed E-state index contributed by atoms with van der Waals surface area (Å²) < 4.78 is 15.0. The molecule has 2 aliphatic rings. The van der Waals surface area contributed by atoms with Crippen molar-refractivity contribution >= 4 is 16.9 Å². The van der Waals surface area contributed by atoms with E-state index in [-0.39, 0.29) is 34.6 Å². The van der Waals surface area contributed by atoms with E-state index in [0.29, 0.717) is 29.0 Å². The molecule has 0 atom stereocenters. The lowest BCUT2D eigenvalue weighted by atomic mass is 9.88. The number of hydrogen-bond donors (Lipinski definition) is 2. The van der Waals surface area contributed by atoms with Gasteiger partial charge in [0.05, 0.1) is 5.52 Å². The Balaban J connectivity index is 1.26. The first-order valence-electron chi connectivity index (χ1n) is 11.5. The summed E-state index contributed by atoms with van der Waals surface area (Å²) in [6, 6.07) is 9.38. The number of likely N-dealkylation sites (tertiary alicyclic amines) is 1. The molecule has 174 valence electrons. The number of carbonyl (C=O) groups is 1. The van der Waals surface area contributed by atoms with E-state index < -0.39 is 5.82 Å². The molecule has 1 amide bonds. The third-order valence-electron chi connectivity index (χ3n) is 6.65. The zero-order chi connectivity index (χ0) is 23.8. The molecular weight excluding hydrogens is 435 g/mol. The quantitative estimate of drug-likeness (QED) is 0.605. The Bertz CT molecular complexity index is 1370. The zero-order valence-electron chi connectivity index (χ0n) is 18.9. The van der Waals surface area contributed by atoms with Gasteiger partial charge in [-0.2, -0.15) is 5.26 Å². The maximum Gasteiger partial charge on any atom is 0.270 e. The Morgan fingerprint density at radius 3 is 2.68 bits per heavy atom. The minimum atomic E-state index is -0.444. The number of H-pyrrole nitrogens is 1. The summed E-state index contributed by atoms with van der Waals surface area (Å²) in [7, 11) is 0. The summed E-state index contributed by atoms with van der Waals surface area (Å²) in [6.07, 6.45) is 3.59. The summed E-state index contributed by atoms with van der Waals surface area (Å²) in [6.45, 7) is 3.49. The van der Waals surface area contributed by atoms with Crippen LogP contribution in [0.1, 0.15) is 64.6 Å². The van der Waals surface area contributed by atoms with Crippen molar-refractivity contribution in [3.63, 3.8) is 0 Å². The number of hydrogen-bond acceptors (Lipinski definition) is 6. The van der Waals surface area contributed by atoms with Gasteiger partial charge in [-0.15, -0.1) is 0 Å². The second kappa shape index (κ2) is 8.95. The Morgan fingerprint density at radius 1 is 1.21 bits per heavy atom. The van der Waals surface area contributed by atoms with Gasteiger partial charge in [-0.05, 0) is 69.3 Å². The number of aromatic amines is 1. The molecule has 1 aromatic carbocycles. The van der Waals surface area contributed by atoms with Crippen molar-refractivity contribution < 1.29 is 9.18 Å². The standard InChI is InChI=1S/C25H25FN6O2/c1-14-24(33)31-23-19(28-14)6-2-16(22(23)26)13-32-10-8-15(9-11-32)18-5-7-20(30-21(18)12-27)25(34)29-17-3-4-17/h2,5-7,15,17H,3-4,8-11,13H2,1H3,(H,29,34)(H,31,33). The second-order valence-electron chi connectivity index (χ2n) is 9.13. The molecule has 0 spiro atoms. The molecule has 0 bridgehead atoms. The SMILES string of the molecule is Cc1nc2ccc(CN3CCC(c4ccc(C(=O)NC5CC5)nc4C#N)CC3)c(F)c2[nH]c1=O. The van der Waals surface area contributed by atoms with Gasteiger partial charge in [0.25, 0.3) is 11.5 Å². The van der Waals surface area contributed by atoms with Crippen molar-refractivity contribution in [3.8, 4) is 6.07 Å². The average molecular weight is 461 g/mol. The molecule has 1 aliphatic carbocycles. The molecule has 5 rings (SSSR count). The van der Waals surface area contributed by atoms with Crippen LogP contribution in [-0.2, 0) is 6.54 Å². The van der Waals surface area contributed by atoms with Crippen LogP contribution in [-0.4, -0.2) is 44.9 Å². The number of nitrogens with zero attached hydrogens (tertiary/aromatic N) is 4. The molecule has 3 aromatic rings. The first-order chi connectivity index (χ1) is 16.4. The molecule has 2 aromatic heterocycles. The number of halogens is 1. The van der Waals surface area contributed by atoms with Gasteiger partial charge in [0.2, 0.25) is 0 Å². The summed E-state index contributed by atoms with van der Waals surface area (Å²) in [5.41, 5.74) is 2.44. The van der Waals surface area contributed by atoms with Crippen LogP contribution in [0, 0.1) is 24.1 Å². The van der Waals surface area contributed by atoms with Crippen LogP contribution in [0.4, 0.5) is 4.39 Å². The van der Waals surface area contributed by atoms with E-state index in [1.807, 2.05) is 6.07 Å². The number of carbonyl (C=O) groups excluding carboxylic acids is 1. The molecule has 1 aliphatic heterocycles. The molecule has 3 heterocycles. The van der Waals surface area contributed by atoms with Crippen molar-refractivity contribution in [2.24, 2.45) is 0 Å². The fraction of sp³-hybridized carbons (Fsp3) is 0.400. The lowest BCUT2D eigenvalue weighted by Gasteiger charge is -2.32. The first-order valence-corrected chi connectivity index (χ1v) is 11.5. The summed E-state index contributed by atoms with van der Waals surface area (Å²) in [5, 5.41) is 12.5. The number of pyridine rings is 1. The predicted molar refractivity (Wildman–Crippen MR) is 124 cm³/mol. The van der Waals surface area contributed by atoms with Crippen molar-refractivity contribution in [3.05, 3.63) is 68.6 Å². The van der Waals surface area contributed by atoms with Gasteiger partial charge in [-0.1, -0.05) is 12.1 Å². The summed E-state index contributed by atoms with van der Waals surface area (Å²) >= 11 is 0. The first kappa shape index (κ1) is 22.2. The van der Waals surface area contributed by atoms with E-state index in [9.17, 15) is 14.9 Å². The van der Waals surface area contributed by atoms with Crippen molar-refractivity contribution in [1.82, 2.24) is 25.2 Å². The maximum atomic E-state index is 15.0. The molecule has 1 saturated heterocycles. The number of nitrogens with one attached hydrogen (secondary N) is 2. The monoisotopic (exact) mass is 460 g/mol. The van der Waals surface area contributed by atoms with Gasteiger partial charge in [-0.3, -0.25) is 14.5 Å². The number of aryl methyl sites for hydroxylation is 1. The minimum absolute atomic E-state index is 0.138. The van der Waals surface area contributed by atoms with E-state index in [2.05, 4.69) is 31.2 Å². The third-order valence-corrected chi connectivity index (χ3v) is 6.65. The second-order valence-corrected chi connectivity index (χ2v) is 9.13. The van der Waals surface area contributed by atoms with Crippen LogP contribution in [0.3, 0.4) is 0 Å². The lowest BCUT2D eigenvalue weighted by molar-refractivity contribution is 0.0946. The van der Waals surface area contributed by atoms with E-state index in [0.717, 1.165) is 44.3 Å². The van der Waals surface area contributed by atoms with E-state index in [4.69, 9.17) is 0 Å². The molecule has 0 unspecified atom stereocenters. The molecule has 9 heteroatoms. The zero-order valence-corrected chi connectivity index (χ0v) is 18.9. The Labute approximate surface area is 195 Å². The molecule has 0 radical (unpaired) electrons. The minimum Gasteiger partial charge on any atom is -0.348 e. The number of piperidine rings is 1. The summed E-state index contributed by atoms with van der Waals surface area (Å²) in [4.78, 5) is 37.4. The highest BCUT2D eigenvalue weighted by Gasteiger charge is 2.27. The van der Waals surface area contributed by atoms with Crippen LogP contribution in [0.25, 0.3) is 11.0 Å². The van der Waals surface area contributed by atoms with Crippen molar-refractivity contribution in [2.45, 2.75) is 51.1 Å². The molecule has 1 saturated carbocycles. The lowest BCUT2D eigenvalue weighted by Crippen LogP contribution is -2.33. The largest absolute Gasteiger partial charge is 0.348 e. The topological polar surface area (TPSA) is 115 Å². The fourth-order valence-corrected chi connectivity index (χ4v) is 4.52. The Kier molecular flexibility index (Phi) is 5.84. The highest BCUT2D eigenvalue weighted by Crippen LogP contribution is 2.31. The van der Waals surface area contributed by atoms with E-state index in [1.54, 1.807) is 25.1 Å². The van der Waals surface area contributed by atoms with Crippen LogP contribution in [0.15, 0.2) is 29.1 Å².